The van der Waals surface area contributed by atoms with Gasteiger partial charge in [-0.15, -0.1) is 0 Å². The number of ether oxygens (including phenoxy) is 1. The maximum atomic E-state index is 13.5. The fraction of sp³-hybridized carbons (Fsp3) is 0.133. The van der Waals surface area contributed by atoms with Gasteiger partial charge in [0.25, 0.3) is 0 Å². The second-order valence-corrected chi connectivity index (χ2v) is 4.25. The minimum Gasteiger partial charge on any atom is -0.487 e. The molecule has 0 saturated carbocycles. The molecule has 0 aliphatic carbocycles. The summed E-state index contributed by atoms with van der Waals surface area (Å²) in [7, 11) is 0. The smallest absolute Gasteiger partial charge is 0.166 e. The zero-order valence-corrected chi connectivity index (χ0v) is 10.7. The molecule has 2 aromatic rings. The largest absolute Gasteiger partial charge is 0.487 e. The summed E-state index contributed by atoms with van der Waals surface area (Å²) in [6, 6.07) is 8.08. The molecular formula is C15H10F3NO2. The van der Waals surface area contributed by atoms with Gasteiger partial charge in [0, 0.05) is 11.6 Å². The van der Waals surface area contributed by atoms with Crippen LogP contribution in [0.25, 0.3) is 0 Å². The van der Waals surface area contributed by atoms with Gasteiger partial charge in [-0.2, -0.15) is 5.26 Å². The summed E-state index contributed by atoms with van der Waals surface area (Å²) in [4.78, 5) is 0. The van der Waals surface area contributed by atoms with Crippen molar-refractivity contribution in [2.45, 2.75) is 6.10 Å². The van der Waals surface area contributed by atoms with Crippen LogP contribution in [0.3, 0.4) is 0 Å². The Balaban J connectivity index is 2.07. The Morgan fingerprint density at radius 2 is 1.86 bits per heavy atom. The first kappa shape index (κ1) is 14.9. The van der Waals surface area contributed by atoms with Gasteiger partial charge in [-0.3, -0.25) is 0 Å². The second-order valence-electron chi connectivity index (χ2n) is 4.25. The summed E-state index contributed by atoms with van der Waals surface area (Å²) < 4.78 is 44.8. The number of nitriles is 1. The first-order valence-corrected chi connectivity index (χ1v) is 5.96. The van der Waals surface area contributed by atoms with Crippen molar-refractivity contribution in [1.82, 2.24) is 0 Å². The molecule has 0 radical (unpaired) electrons. The summed E-state index contributed by atoms with van der Waals surface area (Å²) in [6.45, 7) is -0.411. The molecule has 0 aromatic heterocycles. The molecule has 0 bridgehead atoms. The average Bonchev–Trinajstić information content (AvgIpc) is 2.45. The van der Waals surface area contributed by atoms with Crippen LogP contribution in [0.15, 0.2) is 36.4 Å². The van der Waals surface area contributed by atoms with E-state index in [1.54, 1.807) is 6.07 Å². The summed E-state index contributed by atoms with van der Waals surface area (Å²) >= 11 is 0. The fourth-order valence-corrected chi connectivity index (χ4v) is 1.72. The number of hydrogen-bond acceptors (Lipinski definition) is 3. The minimum atomic E-state index is -1.37. The lowest BCUT2D eigenvalue weighted by Crippen LogP contribution is -2.12. The highest BCUT2D eigenvalue weighted by molar-refractivity contribution is 5.36. The molecule has 108 valence electrons. The molecule has 2 rings (SSSR count). The molecule has 0 spiro atoms. The highest BCUT2D eigenvalue weighted by atomic mass is 19.1. The third kappa shape index (κ3) is 3.52. The van der Waals surface area contributed by atoms with Crippen LogP contribution in [0, 0.1) is 28.8 Å². The second kappa shape index (κ2) is 6.29. The van der Waals surface area contributed by atoms with Crippen molar-refractivity contribution < 1.29 is 23.0 Å². The monoisotopic (exact) mass is 293 g/mol. The van der Waals surface area contributed by atoms with Gasteiger partial charge in [-0.1, -0.05) is 6.07 Å². The average molecular weight is 293 g/mol. The molecule has 0 aliphatic rings. The van der Waals surface area contributed by atoms with Crippen molar-refractivity contribution in [2.75, 3.05) is 6.61 Å². The molecular weight excluding hydrogens is 283 g/mol. The van der Waals surface area contributed by atoms with E-state index in [1.807, 2.05) is 0 Å². The van der Waals surface area contributed by atoms with E-state index in [4.69, 9.17) is 10.00 Å². The molecule has 6 heteroatoms. The maximum absolute atomic E-state index is 13.5. The highest BCUT2D eigenvalue weighted by Gasteiger charge is 2.15. The van der Waals surface area contributed by atoms with Crippen LogP contribution in [0.1, 0.15) is 17.2 Å². The van der Waals surface area contributed by atoms with E-state index in [0.717, 1.165) is 18.2 Å². The molecule has 1 atom stereocenters. The first-order valence-electron chi connectivity index (χ1n) is 5.96. The zero-order valence-electron chi connectivity index (χ0n) is 10.7. The van der Waals surface area contributed by atoms with Gasteiger partial charge < -0.3 is 9.84 Å². The lowest BCUT2D eigenvalue weighted by molar-refractivity contribution is 0.102. The maximum Gasteiger partial charge on any atom is 0.166 e. The highest BCUT2D eigenvalue weighted by Crippen LogP contribution is 2.22. The lowest BCUT2D eigenvalue weighted by atomic mass is 10.1. The van der Waals surface area contributed by atoms with Crippen LogP contribution < -0.4 is 4.74 Å². The van der Waals surface area contributed by atoms with Crippen molar-refractivity contribution in [3.63, 3.8) is 0 Å². The molecule has 0 aliphatic heterocycles. The number of hydrogen-bond donors (Lipinski definition) is 1. The third-order valence-electron chi connectivity index (χ3n) is 2.78. The minimum absolute atomic E-state index is 0.130. The van der Waals surface area contributed by atoms with E-state index in [0.29, 0.717) is 6.07 Å². The normalized spacial score (nSPS) is 11.8. The standard InChI is InChI=1S/C15H10F3NO2/c16-10-2-3-11(12(17)6-10)14(20)8-21-15-4-1-9(7-19)5-13(15)18/h1-6,14,20H,8H2. The molecule has 0 heterocycles. The fourth-order valence-electron chi connectivity index (χ4n) is 1.72. The number of benzene rings is 2. The molecule has 1 unspecified atom stereocenters. The van der Waals surface area contributed by atoms with Crippen LogP contribution >= 0.6 is 0 Å². The van der Waals surface area contributed by atoms with Crippen LogP contribution in [0.5, 0.6) is 5.75 Å². The Kier molecular flexibility index (Phi) is 4.45. The third-order valence-corrected chi connectivity index (χ3v) is 2.78. The Hall–Kier alpha value is -2.52. The molecule has 2 aromatic carbocycles. The van der Waals surface area contributed by atoms with Crippen molar-refractivity contribution in [2.24, 2.45) is 0 Å². The van der Waals surface area contributed by atoms with Crippen molar-refractivity contribution in [1.29, 1.82) is 5.26 Å². The van der Waals surface area contributed by atoms with E-state index in [9.17, 15) is 18.3 Å². The Labute approximate surface area is 118 Å². The molecule has 0 amide bonds. The molecule has 1 N–H and O–H groups in total. The van der Waals surface area contributed by atoms with Gasteiger partial charge in [0.05, 0.1) is 11.6 Å². The van der Waals surface area contributed by atoms with Gasteiger partial charge in [0.1, 0.15) is 24.3 Å². The quantitative estimate of drug-likeness (QED) is 0.942. The first-order chi connectivity index (χ1) is 10.0. The van der Waals surface area contributed by atoms with Crippen LogP contribution in [-0.2, 0) is 0 Å². The molecule has 0 fully saturated rings. The predicted molar refractivity (Wildman–Crippen MR) is 67.9 cm³/mol. The molecule has 21 heavy (non-hydrogen) atoms. The molecule has 0 saturated heterocycles. The van der Waals surface area contributed by atoms with Gasteiger partial charge >= 0.3 is 0 Å². The number of halogens is 3. The summed E-state index contributed by atoms with van der Waals surface area (Å²) in [5, 5.41) is 18.4. The van der Waals surface area contributed by atoms with E-state index in [-0.39, 0.29) is 16.9 Å². The zero-order chi connectivity index (χ0) is 15.4. The Morgan fingerprint density at radius 3 is 2.48 bits per heavy atom. The van der Waals surface area contributed by atoms with E-state index >= 15 is 0 Å². The topological polar surface area (TPSA) is 53.2 Å². The summed E-state index contributed by atoms with van der Waals surface area (Å²) in [5.41, 5.74) is -0.0181. The van der Waals surface area contributed by atoms with Crippen molar-refractivity contribution in [3.8, 4) is 11.8 Å². The summed E-state index contributed by atoms with van der Waals surface area (Å²) in [6.07, 6.45) is -1.37. The van der Waals surface area contributed by atoms with Crippen molar-refractivity contribution >= 4 is 0 Å². The number of aliphatic hydroxyl groups is 1. The SMILES string of the molecule is N#Cc1ccc(OCC(O)c2ccc(F)cc2F)c(F)c1. The Morgan fingerprint density at radius 1 is 1.10 bits per heavy atom. The van der Waals surface area contributed by atoms with E-state index in [2.05, 4.69) is 0 Å². The number of aliphatic hydroxyl groups excluding tert-OH is 1. The van der Waals surface area contributed by atoms with Crippen LogP contribution in [0.4, 0.5) is 13.2 Å². The number of rotatable bonds is 4. The van der Waals surface area contributed by atoms with Crippen LogP contribution in [0.2, 0.25) is 0 Å². The van der Waals surface area contributed by atoms with Crippen LogP contribution in [-0.4, -0.2) is 11.7 Å². The predicted octanol–water partition coefficient (Wildman–Crippen LogP) is 3.09. The lowest BCUT2D eigenvalue weighted by Gasteiger charge is -2.14. The van der Waals surface area contributed by atoms with Gasteiger partial charge in [-0.05, 0) is 24.3 Å². The van der Waals surface area contributed by atoms with Gasteiger partial charge in [0.15, 0.2) is 11.6 Å². The van der Waals surface area contributed by atoms with Crippen molar-refractivity contribution in [3.05, 3.63) is 65.0 Å². The van der Waals surface area contributed by atoms with E-state index in [1.165, 1.54) is 12.1 Å². The van der Waals surface area contributed by atoms with Gasteiger partial charge in [0.2, 0.25) is 0 Å². The van der Waals surface area contributed by atoms with E-state index < -0.39 is 30.2 Å². The molecule has 3 nitrogen and oxygen atoms in total. The summed E-state index contributed by atoms with van der Waals surface area (Å²) in [5.74, 6) is -2.61. The Bertz CT molecular complexity index is 698. The van der Waals surface area contributed by atoms with Gasteiger partial charge in [-0.25, -0.2) is 13.2 Å². The number of nitrogens with zero attached hydrogens (tertiary/aromatic N) is 1.